The van der Waals surface area contributed by atoms with E-state index in [1.807, 2.05) is 6.92 Å². The molecular formula is C11H10ClFN2. The summed E-state index contributed by atoms with van der Waals surface area (Å²) in [7, 11) is 0. The summed E-state index contributed by atoms with van der Waals surface area (Å²) in [6, 6.07) is 2.79. The fourth-order valence-electron chi connectivity index (χ4n) is 1.54. The van der Waals surface area contributed by atoms with Crippen LogP contribution >= 0.6 is 11.6 Å². The Labute approximate surface area is 91.9 Å². The number of pyridine rings is 1. The van der Waals surface area contributed by atoms with E-state index in [0.29, 0.717) is 16.1 Å². The summed E-state index contributed by atoms with van der Waals surface area (Å²) in [6.07, 6.45) is 0. The fourth-order valence-corrected chi connectivity index (χ4v) is 1.79. The van der Waals surface area contributed by atoms with Crippen LogP contribution in [-0.4, -0.2) is 4.98 Å². The highest BCUT2D eigenvalue weighted by molar-refractivity contribution is 6.36. The predicted molar refractivity (Wildman–Crippen MR) is 60.6 cm³/mol. The average molecular weight is 225 g/mol. The highest BCUT2D eigenvalue weighted by Gasteiger charge is 2.12. The number of anilines is 1. The van der Waals surface area contributed by atoms with Crippen LogP contribution in [0.1, 0.15) is 11.3 Å². The van der Waals surface area contributed by atoms with Gasteiger partial charge in [-0.1, -0.05) is 11.6 Å². The first kappa shape index (κ1) is 10.2. The molecule has 1 aromatic carbocycles. The predicted octanol–water partition coefficient (Wildman–Crippen LogP) is 3.23. The van der Waals surface area contributed by atoms with Crippen LogP contribution in [0.15, 0.2) is 12.1 Å². The van der Waals surface area contributed by atoms with Crippen molar-refractivity contribution in [3.63, 3.8) is 0 Å². The molecule has 0 spiro atoms. The second-order valence-corrected chi connectivity index (χ2v) is 3.90. The number of benzene rings is 1. The van der Waals surface area contributed by atoms with Crippen molar-refractivity contribution >= 4 is 28.2 Å². The maximum atomic E-state index is 13.5. The van der Waals surface area contributed by atoms with E-state index >= 15 is 0 Å². The molecule has 4 heteroatoms. The standard InChI is InChI=1S/C11H10ClFN2/c1-5-6(2)15-11-8(13)4-3-7(12)9(11)10(5)14/h3-4H,1-2H3,(H2,14,15). The zero-order valence-electron chi connectivity index (χ0n) is 8.44. The lowest BCUT2D eigenvalue weighted by Crippen LogP contribution is -1.99. The van der Waals surface area contributed by atoms with Gasteiger partial charge < -0.3 is 5.73 Å². The molecule has 0 fully saturated rings. The fraction of sp³-hybridized carbons (Fsp3) is 0.182. The molecule has 0 aliphatic carbocycles. The minimum atomic E-state index is -0.399. The van der Waals surface area contributed by atoms with Crippen molar-refractivity contribution in [1.29, 1.82) is 0 Å². The summed E-state index contributed by atoms with van der Waals surface area (Å²) in [5.41, 5.74) is 8.20. The van der Waals surface area contributed by atoms with Gasteiger partial charge in [-0.25, -0.2) is 9.37 Å². The molecule has 0 aliphatic heterocycles. The number of nitrogen functional groups attached to an aromatic ring is 1. The molecule has 0 saturated heterocycles. The van der Waals surface area contributed by atoms with Gasteiger partial charge in [-0.05, 0) is 31.5 Å². The summed E-state index contributed by atoms with van der Waals surface area (Å²) in [5.74, 6) is -0.399. The molecule has 2 nitrogen and oxygen atoms in total. The van der Waals surface area contributed by atoms with E-state index in [4.69, 9.17) is 17.3 Å². The van der Waals surface area contributed by atoms with E-state index in [1.165, 1.54) is 12.1 Å². The Morgan fingerprint density at radius 1 is 1.33 bits per heavy atom. The molecule has 0 saturated carbocycles. The zero-order valence-corrected chi connectivity index (χ0v) is 9.19. The summed E-state index contributed by atoms with van der Waals surface area (Å²) in [5, 5.41) is 0.930. The smallest absolute Gasteiger partial charge is 0.149 e. The van der Waals surface area contributed by atoms with Crippen LogP contribution in [0.5, 0.6) is 0 Å². The third kappa shape index (κ3) is 1.43. The number of halogens is 2. The third-order valence-corrected chi connectivity index (χ3v) is 2.89. The molecule has 1 aromatic heterocycles. The van der Waals surface area contributed by atoms with Crippen molar-refractivity contribution in [2.45, 2.75) is 13.8 Å². The van der Waals surface area contributed by atoms with E-state index in [-0.39, 0.29) is 5.52 Å². The highest BCUT2D eigenvalue weighted by Crippen LogP contribution is 2.32. The van der Waals surface area contributed by atoms with Crippen LogP contribution in [0.25, 0.3) is 10.9 Å². The number of hydrogen-bond acceptors (Lipinski definition) is 2. The highest BCUT2D eigenvalue weighted by atomic mass is 35.5. The van der Waals surface area contributed by atoms with Crippen LogP contribution in [0.2, 0.25) is 5.02 Å². The lowest BCUT2D eigenvalue weighted by Gasteiger charge is -2.10. The van der Waals surface area contributed by atoms with Gasteiger partial charge in [-0.2, -0.15) is 0 Å². The quantitative estimate of drug-likeness (QED) is 0.746. The van der Waals surface area contributed by atoms with Crippen molar-refractivity contribution in [2.24, 2.45) is 0 Å². The molecule has 0 atom stereocenters. The number of nitrogens with two attached hydrogens (primary N) is 1. The second-order valence-electron chi connectivity index (χ2n) is 3.49. The molecule has 0 aliphatic rings. The molecule has 0 bridgehead atoms. The first-order valence-electron chi connectivity index (χ1n) is 4.52. The zero-order chi connectivity index (χ0) is 11.2. The second kappa shape index (κ2) is 3.35. The van der Waals surface area contributed by atoms with Crippen molar-refractivity contribution in [1.82, 2.24) is 4.98 Å². The molecule has 2 rings (SSSR count). The van der Waals surface area contributed by atoms with Crippen molar-refractivity contribution in [3.8, 4) is 0 Å². The Bertz CT molecular complexity index is 552. The van der Waals surface area contributed by atoms with Gasteiger partial charge in [0.15, 0.2) is 0 Å². The monoisotopic (exact) mass is 224 g/mol. The van der Waals surface area contributed by atoms with Crippen LogP contribution in [0, 0.1) is 19.7 Å². The summed E-state index contributed by atoms with van der Waals surface area (Å²) >= 11 is 5.97. The number of nitrogens with zero attached hydrogens (tertiary/aromatic N) is 1. The molecule has 2 N–H and O–H groups in total. The summed E-state index contributed by atoms with van der Waals surface area (Å²) in [6.45, 7) is 3.64. The number of aromatic nitrogens is 1. The lowest BCUT2D eigenvalue weighted by atomic mass is 10.1. The van der Waals surface area contributed by atoms with Gasteiger partial charge in [-0.3, -0.25) is 0 Å². The summed E-state index contributed by atoms with van der Waals surface area (Å²) in [4.78, 5) is 4.16. The SMILES string of the molecule is Cc1nc2c(F)ccc(Cl)c2c(N)c1C. The first-order valence-corrected chi connectivity index (χ1v) is 4.90. The Morgan fingerprint density at radius 2 is 2.00 bits per heavy atom. The number of rotatable bonds is 0. The molecule has 2 aromatic rings. The third-order valence-electron chi connectivity index (χ3n) is 2.57. The van der Waals surface area contributed by atoms with Crippen molar-refractivity contribution in [2.75, 3.05) is 5.73 Å². The van der Waals surface area contributed by atoms with Gasteiger partial charge in [0.25, 0.3) is 0 Å². The lowest BCUT2D eigenvalue weighted by molar-refractivity contribution is 0.636. The van der Waals surface area contributed by atoms with Crippen molar-refractivity contribution < 1.29 is 4.39 Å². The molecule has 15 heavy (non-hydrogen) atoms. The number of aryl methyl sites for hydroxylation is 1. The number of fused-ring (bicyclic) bond motifs is 1. The first-order chi connectivity index (χ1) is 7.02. The van der Waals surface area contributed by atoms with Gasteiger partial charge in [0.1, 0.15) is 11.3 Å². The van der Waals surface area contributed by atoms with Gasteiger partial charge in [-0.15, -0.1) is 0 Å². The van der Waals surface area contributed by atoms with Gasteiger partial charge >= 0.3 is 0 Å². The Kier molecular flexibility index (Phi) is 2.27. The molecule has 0 radical (unpaired) electrons. The Morgan fingerprint density at radius 3 is 2.67 bits per heavy atom. The van der Waals surface area contributed by atoms with E-state index in [9.17, 15) is 4.39 Å². The van der Waals surface area contributed by atoms with Crippen LogP contribution < -0.4 is 5.73 Å². The van der Waals surface area contributed by atoms with E-state index < -0.39 is 5.82 Å². The minimum absolute atomic E-state index is 0.239. The number of hydrogen-bond donors (Lipinski definition) is 1. The average Bonchev–Trinajstić information content (AvgIpc) is 2.20. The Balaban J connectivity index is 3.04. The minimum Gasteiger partial charge on any atom is -0.398 e. The van der Waals surface area contributed by atoms with Crippen LogP contribution in [-0.2, 0) is 0 Å². The van der Waals surface area contributed by atoms with Gasteiger partial charge in [0.2, 0.25) is 0 Å². The van der Waals surface area contributed by atoms with E-state index in [1.54, 1.807) is 6.92 Å². The molecule has 1 heterocycles. The topological polar surface area (TPSA) is 38.9 Å². The van der Waals surface area contributed by atoms with Gasteiger partial charge in [0.05, 0.1) is 5.02 Å². The van der Waals surface area contributed by atoms with Crippen LogP contribution in [0.3, 0.4) is 0 Å². The largest absolute Gasteiger partial charge is 0.398 e. The maximum Gasteiger partial charge on any atom is 0.149 e. The molecular weight excluding hydrogens is 215 g/mol. The molecule has 0 unspecified atom stereocenters. The molecule has 78 valence electrons. The van der Waals surface area contributed by atoms with Crippen LogP contribution in [0.4, 0.5) is 10.1 Å². The Hall–Kier alpha value is -1.35. The molecule has 0 amide bonds. The normalized spacial score (nSPS) is 10.9. The van der Waals surface area contributed by atoms with E-state index in [0.717, 1.165) is 11.3 Å². The summed E-state index contributed by atoms with van der Waals surface area (Å²) < 4.78 is 13.5. The van der Waals surface area contributed by atoms with E-state index in [2.05, 4.69) is 4.98 Å². The van der Waals surface area contributed by atoms with Crippen molar-refractivity contribution in [3.05, 3.63) is 34.2 Å². The van der Waals surface area contributed by atoms with Gasteiger partial charge in [0, 0.05) is 16.8 Å². The maximum absolute atomic E-state index is 13.5.